The van der Waals surface area contributed by atoms with Crippen LogP contribution in [0.15, 0.2) is 30.3 Å². The molecule has 6 heteroatoms. The van der Waals surface area contributed by atoms with Gasteiger partial charge in [-0.15, -0.1) is 0 Å². The second-order valence-corrected chi connectivity index (χ2v) is 10.1. The first-order valence-corrected chi connectivity index (χ1v) is 10.9. The molecule has 0 spiro atoms. The second-order valence-electron chi connectivity index (χ2n) is 7.76. The normalized spacial score (nSPS) is 28.7. The fourth-order valence-electron chi connectivity index (χ4n) is 4.01. The van der Waals surface area contributed by atoms with Gasteiger partial charge in [0.1, 0.15) is 0 Å². The summed E-state index contributed by atoms with van der Waals surface area (Å²) in [7, 11) is -3.09. The van der Waals surface area contributed by atoms with Crippen LogP contribution in [0.1, 0.15) is 26.7 Å². The summed E-state index contributed by atoms with van der Waals surface area (Å²) < 4.78 is 25.0. The van der Waals surface area contributed by atoms with E-state index in [1.807, 2.05) is 30.3 Å². The molecule has 3 atom stereocenters. The van der Waals surface area contributed by atoms with E-state index in [2.05, 4.69) is 24.1 Å². The van der Waals surface area contributed by atoms with Crippen molar-refractivity contribution in [3.8, 4) is 0 Å². The number of carbonyl (C=O) groups is 1. The topological polar surface area (TPSA) is 66.5 Å². The van der Waals surface area contributed by atoms with E-state index in [1.165, 1.54) is 0 Å². The minimum atomic E-state index is -3.09. The largest absolute Gasteiger partial charge is 0.326 e. The Kier molecular flexibility index (Phi) is 5.49. The molecular weight excluding hydrogens is 336 g/mol. The summed E-state index contributed by atoms with van der Waals surface area (Å²) in [5.74, 6) is 0.365. The number of nitrogens with zero attached hydrogens (tertiary/aromatic N) is 1. The molecule has 25 heavy (non-hydrogen) atoms. The van der Waals surface area contributed by atoms with E-state index in [9.17, 15) is 13.2 Å². The number of sulfone groups is 1. The average Bonchev–Trinajstić information content (AvgIpc) is 2.99. The fourth-order valence-corrected chi connectivity index (χ4v) is 6.14. The summed E-state index contributed by atoms with van der Waals surface area (Å²) in [6.07, 6.45) is 1.49. The van der Waals surface area contributed by atoms with Crippen molar-refractivity contribution in [2.45, 2.75) is 31.9 Å². The lowest BCUT2D eigenvalue weighted by molar-refractivity contribution is -0.121. The van der Waals surface area contributed by atoms with Gasteiger partial charge in [-0.1, -0.05) is 32.0 Å². The van der Waals surface area contributed by atoms with Gasteiger partial charge in [0.2, 0.25) is 5.91 Å². The van der Waals surface area contributed by atoms with Gasteiger partial charge >= 0.3 is 0 Å². The van der Waals surface area contributed by atoms with E-state index in [1.54, 1.807) is 0 Å². The van der Waals surface area contributed by atoms with Crippen molar-refractivity contribution in [3.63, 3.8) is 0 Å². The number of nitrogens with one attached hydrogen (secondary N) is 1. The predicted octanol–water partition coefficient (Wildman–Crippen LogP) is 2.41. The van der Waals surface area contributed by atoms with Crippen LogP contribution in [0.4, 0.5) is 5.69 Å². The molecule has 1 amide bonds. The highest BCUT2D eigenvalue weighted by molar-refractivity contribution is 7.92. The highest BCUT2D eigenvalue weighted by Gasteiger charge is 2.50. The first-order valence-electron chi connectivity index (χ1n) is 9.16. The number of fused-ring (bicyclic) bond motifs is 1. The van der Waals surface area contributed by atoms with Crippen LogP contribution in [0.5, 0.6) is 0 Å². The molecule has 0 aromatic heterocycles. The van der Waals surface area contributed by atoms with Gasteiger partial charge in [-0.2, -0.15) is 0 Å². The Bertz CT molecular complexity index is 703. The average molecular weight is 365 g/mol. The third-order valence-electron chi connectivity index (χ3n) is 5.48. The number of carbonyl (C=O) groups excluding carboxylic acids is 1. The summed E-state index contributed by atoms with van der Waals surface area (Å²) in [6, 6.07) is 9.39. The summed E-state index contributed by atoms with van der Waals surface area (Å²) in [6.45, 7) is 6.55. The van der Waals surface area contributed by atoms with Gasteiger partial charge in [0.15, 0.2) is 9.84 Å². The lowest BCUT2D eigenvalue weighted by Gasteiger charge is -2.31. The van der Waals surface area contributed by atoms with Crippen LogP contribution in [-0.4, -0.2) is 49.9 Å². The number of hydrogen-bond donors (Lipinski definition) is 1. The Morgan fingerprint density at radius 3 is 2.64 bits per heavy atom. The van der Waals surface area contributed by atoms with Gasteiger partial charge in [0, 0.05) is 30.6 Å². The highest BCUT2D eigenvalue weighted by Crippen LogP contribution is 2.37. The van der Waals surface area contributed by atoms with Crippen LogP contribution < -0.4 is 5.32 Å². The molecule has 2 fully saturated rings. The van der Waals surface area contributed by atoms with Crippen LogP contribution in [0, 0.1) is 17.8 Å². The Morgan fingerprint density at radius 2 is 1.96 bits per heavy atom. The van der Waals surface area contributed by atoms with Crippen LogP contribution in [0.3, 0.4) is 0 Å². The smallest absolute Gasteiger partial charge is 0.227 e. The maximum absolute atomic E-state index is 12.8. The second kappa shape index (κ2) is 7.46. The first-order chi connectivity index (χ1) is 11.9. The van der Waals surface area contributed by atoms with Crippen molar-refractivity contribution < 1.29 is 13.2 Å². The molecule has 0 unspecified atom stereocenters. The predicted molar refractivity (Wildman–Crippen MR) is 100 cm³/mol. The number of anilines is 1. The molecule has 5 nitrogen and oxygen atoms in total. The molecule has 2 aliphatic rings. The Labute approximate surface area is 150 Å². The first kappa shape index (κ1) is 18.4. The van der Waals surface area contributed by atoms with Crippen LogP contribution in [0.2, 0.25) is 0 Å². The number of amides is 1. The molecule has 0 bridgehead atoms. The van der Waals surface area contributed by atoms with Gasteiger partial charge < -0.3 is 10.2 Å². The number of benzene rings is 1. The molecule has 1 aromatic rings. The number of hydrogen-bond acceptors (Lipinski definition) is 4. The molecule has 138 valence electrons. The molecule has 1 aromatic carbocycles. The third kappa shape index (κ3) is 4.23. The zero-order valence-corrected chi connectivity index (χ0v) is 15.8. The SMILES string of the molecule is CC(C)CCN1C[C@H]2[C@@H](C1)S(=O)(=O)CC[C@H]2C(=O)Nc1ccccc1. The van der Waals surface area contributed by atoms with E-state index < -0.39 is 9.84 Å². The van der Waals surface area contributed by atoms with Gasteiger partial charge in [0.05, 0.1) is 11.0 Å². The summed E-state index contributed by atoms with van der Waals surface area (Å²) in [5, 5.41) is 2.58. The minimum Gasteiger partial charge on any atom is -0.326 e. The van der Waals surface area contributed by atoms with Gasteiger partial charge in [-0.05, 0) is 37.4 Å². The molecule has 0 saturated carbocycles. The van der Waals surface area contributed by atoms with Crippen molar-refractivity contribution >= 4 is 21.4 Å². The molecule has 2 heterocycles. The summed E-state index contributed by atoms with van der Waals surface area (Å²) in [5.41, 5.74) is 0.771. The van der Waals surface area contributed by atoms with Gasteiger partial charge in [-0.3, -0.25) is 4.79 Å². The minimum absolute atomic E-state index is 0.0400. The van der Waals surface area contributed by atoms with Crippen LogP contribution in [-0.2, 0) is 14.6 Å². The molecule has 2 aliphatic heterocycles. The lowest BCUT2D eigenvalue weighted by Crippen LogP contribution is -2.45. The van der Waals surface area contributed by atoms with Gasteiger partial charge in [-0.25, -0.2) is 8.42 Å². The highest BCUT2D eigenvalue weighted by atomic mass is 32.2. The van der Waals surface area contributed by atoms with Crippen molar-refractivity contribution in [2.75, 3.05) is 30.7 Å². The van der Waals surface area contributed by atoms with E-state index in [4.69, 9.17) is 0 Å². The Balaban J connectivity index is 1.72. The standard InChI is InChI=1S/C19H28N2O3S/c1-14(2)8-10-21-12-17-16(9-11-25(23,24)18(17)13-21)19(22)20-15-6-4-3-5-7-15/h3-7,14,16-18H,8-13H2,1-2H3,(H,20,22)/t16-,17-,18-/m1/s1. The number of para-hydroxylation sites is 1. The lowest BCUT2D eigenvalue weighted by atomic mass is 9.87. The van der Waals surface area contributed by atoms with Crippen LogP contribution >= 0.6 is 0 Å². The van der Waals surface area contributed by atoms with E-state index >= 15 is 0 Å². The monoisotopic (exact) mass is 364 g/mol. The van der Waals surface area contributed by atoms with E-state index in [0.29, 0.717) is 25.4 Å². The third-order valence-corrected chi connectivity index (χ3v) is 7.70. The van der Waals surface area contributed by atoms with Crippen molar-refractivity contribution in [3.05, 3.63) is 30.3 Å². The van der Waals surface area contributed by atoms with Crippen molar-refractivity contribution in [1.82, 2.24) is 4.90 Å². The molecule has 0 aliphatic carbocycles. The van der Waals surface area contributed by atoms with E-state index in [-0.39, 0.29) is 28.7 Å². The molecule has 2 saturated heterocycles. The van der Waals surface area contributed by atoms with Crippen molar-refractivity contribution in [1.29, 1.82) is 0 Å². The van der Waals surface area contributed by atoms with Crippen molar-refractivity contribution in [2.24, 2.45) is 17.8 Å². The molecule has 0 radical (unpaired) electrons. The zero-order valence-electron chi connectivity index (χ0n) is 15.0. The van der Waals surface area contributed by atoms with Crippen LogP contribution in [0.25, 0.3) is 0 Å². The van der Waals surface area contributed by atoms with E-state index in [0.717, 1.165) is 18.7 Å². The Hall–Kier alpha value is -1.40. The number of likely N-dealkylation sites (tertiary alicyclic amines) is 1. The molecule has 1 N–H and O–H groups in total. The quantitative estimate of drug-likeness (QED) is 0.871. The number of rotatable bonds is 5. The maximum atomic E-state index is 12.8. The molecular formula is C19H28N2O3S. The maximum Gasteiger partial charge on any atom is 0.227 e. The van der Waals surface area contributed by atoms with Gasteiger partial charge in [0.25, 0.3) is 0 Å². The zero-order chi connectivity index (χ0) is 18.0. The summed E-state index contributed by atoms with van der Waals surface area (Å²) in [4.78, 5) is 15.0. The summed E-state index contributed by atoms with van der Waals surface area (Å²) >= 11 is 0. The Morgan fingerprint density at radius 1 is 1.24 bits per heavy atom. The fraction of sp³-hybridized carbons (Fsp3) is 0.632. The molecule has 3 rings (SSSR count).